The normalized spacial score (nSPS) is 10.8. The molecule has 0 atom stereocenters. The molecule has 1 heterocycles. The second kappa shape index (κ2) is 5.46. The van der Waals surface area contributed by atoms with Crippen LogP contribution in [0.1, 0.15) is 5.56 Å². The van der Waals surface area contributed by atoms with E-state index in [0.29, 0.717) is 23.6 Å². The lowest BCUT2D eigenvalue weighted by atomic mass is 10.1. The van der Waals surface area contributed by atoms with Gasteiger partial charge in [0, 0.05) is 17.7 Å². The monoisotopic (exact) mass is 285 g/mol. The van der Waals surface area contributed by atoms with E-state index in [0.717, 1.165) is 23.3 Å². The van der Waals surface area contributed by atoms with Crippen LogP contribution < -0.4 is 5.73 Å². The van der Waals surface area contributed by atoms with E-state index < -0.39 is 11.6 Å². The number of hydrogen-bond acceptors (Lipinski definition) is 2. The Bertz CT molecular complexity index is 763. The van der Waals surface area contributed by atoms with Crippen LogP contribution >= 0.6 is 0 Å². The number of nitrogens with one attached hydrogen (secondary N) is 1. The molecule has 0 saturated heterocycles. The summed E-state index contributed by atoms with van der Waals surface area (Å²) >= 11 is 0. The number of aromatic amines is 1. The van der Waals surface area contributed by atoms with Crippen molar-refractivity contribution >= 4 is 0 Å². The zero-order valence-corrected chi connectivity index (χ0v) is 11.1. The van der Waals surface area contributed by atoms with Crippen LogP contribution in [-0.4, -0.2) is 9.97 Å². The van der Waals surface area contributed by atoms with Gasteiger partial charge in [-0.1, -0.05) is 24.3 Å². The number of aromatic nitrogens is 2. The Morgan fingerprint density at radius 1 is 0.952 bits per heavy atom. The first-order chi connectivity index (χ1) is 10.2. The Hall–Kier alpha value is -2.53. The minimum Gasteiger partial charge on any atom is -0.338 e. The molecule has 0 spiro atoms. The number of halogens is 2. The van der Waals surface area contributed by atoms with Gasteiger partial charge < -0.3 is 10.7 Å². The van der Waals surface area contributed by atoms with Gasteiger partial charge in [0.2, 0.25) is 0 Å². The van der Waals surface area contributed by atoms with Gasteiger partial charge in [-0.3, -0.25) is 0 Å². The molecule has 0 bridgehead atoms. The first-order valence-electron chi connectivity index (χ1n) is 6.47. The number of nitrogens with two attached hydrogens (primary N) is 1. The van der Waals surface area contributed by atoms with Crippen molar-refractivity contribution in [1.82, 2.24) is 9.97 Å². The molecule has 3 rings (SSSR count). The molecule has 0 fully saturated rings. The molecule has 0 saturated carbocycles. The highest BCUT2D eigenvalue weighted by Gasteiger charge is 2.08. The average Bonchev–Trinajstić information content (AvgIpc) is 3.00. The van der Waals surface area contributed by atoms with E-state index >= 15 is 0 Å². The van der Waals surface area contributed by atoms with E-state index in [1.165, 1.54) is 6.07 Å². The summed E-state index contributed by atoms with van der Waals surface area (Å²) < 4.78 is 26.2. The van der Waals surface area contributed by atoms with E-state index in [1.54, 1.807) is 6.20 Å². The molecular formula is C16H13F2N3. The van der Waals surface area contributed by atoms with Gasteiger partial charge in [-0.2, -0.15) is 0 Å². The molecule has 0 aliphatic carbocycles. The van der Waals surface area contributed by atoms with Crippen molar-refractivity contribution < 1.29 is 8.78 Å². The number of hydrogen-bond donors (Lipinski definition) is 2. The zero-order chi connectivity index (χ0) is 14.8. The van der Waals surface area contributed by atoms with Gasteiger partial charge in [0.15, 0.2) is 11.6 Å². The fraction of sp³-hybridized carbons (Fsp3) is 0.0625. The van der Waals surface area contributed by atoms with Crippen molar-refractivity contribution in [2.24, 2.45) is 5.73 Å². The molecule has 0 aliphatic rings. The number of H-pyrrole nitrogens is 1. The molecule has 0 aliphatic heterocycles. The molecule has 106 valence electrons. The fourth-order valence-electron chi connectivity index (χ4n) is 2.08. The van der Waals surface area contributed by atoms with E-state index in [1.807, 2.05) is 24.3 Å². The second-order valence-corrected chi connectivity index (χ2v) is 4.68. The maximum atomic E-state index is 13.3. The van der Waals surface area contributed by atoms with Gasteiger partial charge in [-0.15, -0.1) is 0 Å². The van der Waals surface area contributed by atoms with Gasteiger partial charge in [0.25, 0.3) is 0 Å². The Balaban J connectivity index is 1.93. The van der Waals surface area contributed by atoms with Gasteiger partial charge in [-0.25, -0.2) is 13.8 Å². The highest BCUT2D eigenvalue weighted by molar-refractivity contribution is 5.64. The number of benzene rings is 2. The summed E-state index contributed by atoms with van der Waals surface area (Å²) in [7, 11) is 0. The zero-order valence-electron chi connectivity index (χ0n) is 11.1. The largest absolute Gasteiger partial charge is 0.338 e. The third kappa shape index (κ3) is 2.68. The fourth-order valence-corrected chi connectivity index (χ4v) is 2.08. The highest BCUT2D eigenvalue weighted by Crippen LogP contribution is 2.23. The van der Waals surface area contributed by atoms with Crippen molar-refractivity contribution in [2.45, 2.75) is 6.54 Å². The molecule has 1 aromatic heterocycles. The number of nitrogens with zero attached hydrogens (tertiary/aromatic N) is 1. The van der Waals surface area contributed by atoms with Crippen LogP contribution in [-0.2, 0) is 6.54 Å². The summed E-state index contributed by atoms with van der Waals surface area (Å²) in [6.07, 6.45) is 1.60. The minimum absolute atomic E-state index is 0.485. The molecule has 21 heavy (non-hydrogen) atoms. The summed E-state index contributed by atoms with van der Waals surface area (Å²) in [6, 6.07) is 11.4. The van der Waals surface area contributed by atoms with Crippen molar-refractivity contribution in [3.8, 4) is 22.6 Å². The summed E-state index contributed by atoms with van der Waals surface area (Å²) in [4.78, 5) is 7.37. The summed E-state index contributed by atoms with van der Waals surface area (Å²) in [5.74, 6) is -1.08. The molecule has 5 heteroatoms. The quantitative estimate of drug-likeness (QED) is 0.774. The molecule has 3 nitrogen and oxygen atoms in total. The number of imidazole rings is 1. The van der Waals surface area contributed by atoms with Gasteiger partial charge in [0.1, 0.15) is 5.82 Å². The van der Waals surface area contributed by atoms with Crippen LogP contribution in [0, 0.1) is 11.6 Å². The third-order valence-electron chi connectivity index (χ3n) is 3.27. The van der Waals surface area contributed by atoms with Crippen LogP contribution in [0.15, 0.2) is 48.7 Å². The molecule has 2 aromatic carbocycles. The SMILES string of the molecule is NCc1ccc(-c2ncc(-c3ccc(F)c(F)c3)[nH]2)cc1. The Kier molecular flexibility index (Phi) is 3.50. The Labute approximate surface area is 120 Å². The van der Waals surface area contributed by atoms with E-state index in [2.05, 4.69) is 9.97 Å². The lowest BCUT2D eigenvalue weighted by Crippen LogP contribution is -1.95. The van der Waals surface area contributed by atoms with E-state index in [-0.39, 0.29) is 0 Å². The summed E-state index contributed by atoms with van der Waals surface area (Å²) in [5.41, 5.74) is 8.67. The first kappa shape index (κ1) is 13.5. The van der Waals surface area contributed by atoms with Crippen molar-refractivity contribution in [3.05, 3.63) is 65.9 Å². The maximum Gasteiger partial charge on any atom is 0.159 e. The Morgan fingerprint density at radius 2 is 1.67 bits per heavy atom. The van der Waals surface area contributed by atoms with Crippen LogP contribution in [0.25, 0.3) is 22.6 Å². The lowest BCUT2D eigenvalue weighted by molar-refractivity contribution is 0.509. The summed E-state index contributed by atoms with van der Waals surface area (Å²) in [5, 5.41) is 0. The smallest absolute Gasteiger partial charge is 0.159 e. The summed E-state index contributed by atoms with van der Waals surface area (Å²) in [6.45, 7) is 0.485. The highest BCUT2D eigenvalue weighted by atomic mass is 19.2. The second-order valence-electron chi connectivity index (χ2n) is 4.68. The van der Waals surface area contributed by atoms with Gasteiger partial charge in [-0.05, 0) is 23.8 Å². The van der Waals surface area contributed by atoms with Crippen LogP contribution in [0.5, 0.6) is 0 Å². The van der Waals surface area contributed by atoms with Crippen molar-refractivity contribution in [1.29, 1.82) is 0 Å². The average molecular weight is 285 g/mol. The lowest BCUT2D eigenvalue weighted by Gasteiger charge is -2.00. The molecule has 3 aromatic rings. The maximum absolute atomic E-state index is 13.3. The van der Waals surface area contributed by atoms with Crippen molar-refractivity contribution in [2.75, 3.05) is 0 Å². The van der Waals surface area contributed by atoms with Crippen LogP contribution in [0.4, 0.5) is 8.78 Å². The minimum atomic E-state index is -0.879. The molecule has 0 unspecified atom stereocenters. The predicted octanol–water partition coefficient (Wildman–Crippen LogP) is 3.48. The topological polar surface area (TPSA) is 54.7 Å². The first-order valence-corrected chi connectivity index (χ1v) is 6.47. The van der Waals surface area contributed by atoms with Crippen LogP contribution in [0.2, 0.25) is 0 Å². The third-order valence-corrected chi connectivity index (χ3v) is 3.27. The standard InChI is InChI=1S/C16H13F2N3/c17-13-6-5-12(7-14(13)18)15-9-20-16(21-15)11-3-1-10(8-19)2-4-11/h1-7,9H,8,19H2,(H,20,21). The Morgan fingerprint density at radius 3 is 2.33 bits per heavy atom. The predicted molar refractivity (Wildman–Crippen MR) is 77.3 cm³/mol. The van der Waals surface area contributed by atoms with Crippen LogP contribution in [0.3, 0.4) is 0 Å². The van der Waals surface area contributed by atoms with Gasteiger partial charge >= 0.3 is 0 Å². The van der Waals surface area contributed by atoms with E-state index in [9.17, 15) is 8.78 Å². The van der Waals surface area contributed by atoms with Gasteiger partial charge in [0.05, 0.1) is 11.9 Å². The van der Waals surface area contributed by atoms with E-state index in [4.69, 9.17) is 5.73 Å². The number of rotatable bonds is 3. The molecular weight excluding hydrogens is 272 g/mol. The molecule has 3 N–H and O–H groups in total. The molecule has 0 amide bonds. The van der Waals surface area contributed by atoms with Crippen molar-refractivity contribution in [3.63, 3.8) is 0 Å². The molecule has 0 radical (unpaired) electrons.